The van der Waals surface area contributed by atoms with Crippen molar-refractivity contribution >= 4 is 5.97 Å². The highest BCUT2D eigenvalue weighted by Gasteiger charge is 1.97. The minimum Gasteiger partial charge on any atom is -0.481 e. The number of allylic oxidation sites excluding steroid dienone is 2. The van der Waals surface area contributed by atoms with Gasteiger partial charge in [-0.1, -0.05) is 141 Å². The van der Waals surface area contributed by atoms with Crippen molar-refractivity contribution in [1.29, 1.82) is 0 Å². The third-order valence-electron chi connectivity index (χ3n) is 6.25. The predicted octanol–water partition coefficient (Wildman–Crippen LogP) is 10.0. The summed E-state index contributed by atoms with van der Waals surface area (Å²) in [5.41, 5.74) is 0. The first-order valence-corrected chi connectivity index (χ1v) is 13.6. The minimum absolute atomic E-state index is 0.345. The highest BCUT2D eigenvalue weighted by atomic mass is 16.4. The van der Waals surface area contributed by atoms with Gasteiger partial charge in [-0.05, 0) is 26.2 Å². The van der Waals surface area contributed by atoms with Crippen LogP contribution in [0.1, 0.15) is 161 Å². The maximum atomic E-state index is 10.4. The van der Waals surface area contributed by atoms with Gasteiger partial charge in [0, 0.05) is 6.42 Å². The summed E-state index contributed by atoms with van der Waals surface area (Å²) in [7, 11) is 0. The molecule has 0 fully saturated rings. The Morgan fingerprint density at radius 1 is 0.500 bits per heavy atom. The summed E-state index contributed by atoms with van der Waals surface area (Å²) in [5, 5.41) is 8.59. The Hall–Kier alpha value is -0.790. The Labute approximate surface area is 189 Å². The van der Waals surface area contributed by atoms with Gasteiger partial charge in [-0.15, -0.1) is 0 Å². The van der Waals surface area contributed by atoms with Crippen LogP contribution in [-0.4, -0.2) is 11.1 Å². The Balaban J connectivity index is 3.01. The largest absolute Gasteiger partial charge is 0.481 e. The smallest absolute Gasteiger partial charge is 0.303 e. The molecule has 0 aromatic heterocycles. The molecule has 1 N–H and O–H groups in total. The molecule has 0 atom stereocenters. The molecule has 0 aromatic carbocycles. The number of hydrogen-bond donors (Lipinski definition) is 1. The van der Waals surface area contributed by atoms with E-state index in [1.807, 2.05) is 0 Å². The van der Waals surface area contributed by atoms with Crippen LogP contribution in [0.2, 0.25) is 0 Å². The van der Waals surface area contributed by atoms with E-state index in [9.17, 15) is 4.79 Å². The number of unbranched alkanes of at least 4 members (excludes halogenated alkanes) is 22. The molecule has 2 nitrogen and oxygen atoms in total. The summed E-state index contributed by atoms with van der Waals surface area (Å²) in [6.45, 7) is 2.11. The molecule has 0 aromatic rings. The van der Waals surface area contributed by atoms with Gasteiger partial charge in [0.2, 0.25) is 0 Å². The lowest BCUT2D eigenvalue weighted by atomic mass is 10.0. The lowest BCUT2D eigenvalue weighted by molar-refractivity contribution is -0.137. The van der Waals surface area contributed by atoms with Gasteiger partial charge < -0.3 is 5.11 Å². The predicted molar refractivity (Wildman–Crippen MR) is 133 cm³/mol. The molecular weight excluding hydrogens is 368 g/mol. The first kappa shape index (κ1) is 29.2. The number of aliphatic carboxylic acids is 1. The molecule has 0 bridgehead atoms. The van der Waals surface area contributed by atoms with Crippen molar-refractivity contribution in [2.45, 2.75) is 161 Å². The molecule has 0 unspecified atom stereocenters. The summed E-state index contributed by atoms with van der Waals surface area (Å²) in [6.07, 6.45) is 36.2. The highest BCUT2D eigenvalue weighted by Crippen LogP contribution is 2.15. The minimum atomic E-state index is -0.650. The number of carbonyl (C=O) groups is 1. The number of hydrogen-bond acceptors (Lipinski definition) is 1. The van der Waals surface area contributed by atoms with Crippen LogP contribution in [0, 0.1) is 0 Å². The van der Waals surface area contributed by atoms with E-state index in [1.54, 1.807) is 0 Å². The van der Waals surface area contributed by atoms with Gasteiger partial charge in [0.05, 0.1) is 0 Å². The van der Waals surface area contributed by atoms with Crippen LogP contribution < -0.4 is 0 Å². The normalized spacial score (nSPS) is 11.5. The lowest BCUT2D eigenvalue weighted by Crippen LogP contribution is -1.93. The number of carboxylic acids is 1. The van der Waals surface area contributed by atoms with Crippen molar-refractivity contribution < 1.29 is 9.90 Å². The van der Waals surface area contributed by atoms with Gasteiger partial charge in [0.1, 0.15) is 0 Å². The molecule has 0 radical (unpaired) electrons. The van der Waals surface area contributed by atoms with E-state index in [0.717, 1.165) is 12.8 Å². The van der Waals surface area contributed by atoms with Crippen LogP contribution >= 0.6 is 0 Å². The van der Waals surface area contributed by atoms with Crippen LogP contribution in [0.5, 0.6) is 0 Å². The SMILES string of the molecule is CC=CCCCCCCCCCCCCCCCCCCCCCCCCC(=O)O. The molecule has 0 heterocycles. The second-order valence-electron chi connectivity index (χ2n) is 9.28. The Morgan fingerprint density at radius 3 is 1.03 bits per heavy atom. The zero-order chi connectivity index (χ0) is 22.0. The summed E-state index contributed by atoms with van der Waals surface area (Å²) in [5.74, 6) is -0.650. The Kier molecular flexibility index (Phi) is 25.6. The molecule has 0 spiro atoms. The highest BCUT2D eigenvalue weighted by molar-refractivity contribution is 5.66. The average molecular weight is 423 g/mol. The fraction of sp³-hybridized carbons (Fsp3) is 0.893. The number of rotatable bonds is 25. The van der Waals surface area contributed by atoms with Gasteiger partial charge in [0.15, 0.2) is 0 Å². The fourth-order valence-corrected chi connectivity index (χ4v) is 4.24. The molecule has 0 saturated heterocycles. The van der Waals surface area contributed by atoms with Crippen molar-refractivity contribution in [2.75, 3.05) is 0 Å². The molecule has 0 aliphatic rings. The van der Waals surface area contributed by atoms with Crippen LogP contribution in [0.15, 0.2) is 12.2 Å². The van der Waals surface area contributed by atoms with Crippen molar-refractivity contribution in [3.05, 3.63) is 12.2 Å². The monoisotopic (exact) mass is 422 g/mol. The fourth-order valence-electron chi connectivity index (χ4n) is 4.24. The lowest BCUT2D eigenvalue weighted by Gasteiger charge is -2.04. The molecule has 0 aliphatic carbocycles. The van der Waals surface area contributed by atoms with E-state index in [4.69, 9.17) is 5.11 Å². The van der Waals surface area contributed by atoms with Crippen LogP contribution in [0.4, 0.5) is 0 Å². The van der Waals surface area contributed by atoms with Gasteiger partial charge in [-0.25, -0.2) is 0 Å². The van der Waals surface area contributed by atoms with Crippen molar-refractivity contribution in [1.82, 2.24) is 0 Å². The average Bonchev–Trinajstić information content (AvgIpc) is 2.73. The summed E-state index contributed by atoms with van der Waals surface area (Å²) < 4.78 is 0. The summed E-state index contributed by atoms with van der Waals surface area (Å²) >= 11 is 0. The second-order valence-corrected chi connectivity index (χ2v) is 9.28. The molecule has 0 amide bonds. The molecule has 2 heteroatoms. The maximum Gasteiger partial charge on any atom is 0.303 e. The first-order valence-electron chi connectivity index (χ1n) is 13.6. The second kappa shape index (κ2) is 26.2. The molecule has 0 saturated carbocycles. The summed E-state index contributed by atoms with van der Waals surface area (Å²) in [4.78, 5) is 10.4. The molecular formula is C28H54O2. The van der Waals surface area contributed by atoms with Gasteiger partial charge >= 0.3 is 5.97 Å². The molecule has 0 aliphatic heterocycles. The zero-order valence-electron chi connectivity index (χ0n) is 20.5. The summed E-state index contributed by atoms with van der Waals surface area (Å²) in [6, 6.07) is 0. The molecule has 178 valence electrons. The molecule has 0 rings (SSSR count). The Morgan fingerprint density at radius 2 is 0.767 bits per heavy atom. The Bertz CT molecular complexity index is 362. The topological polar surface area (TPSA) is 37.3 Å². The maximum absolute atomic E-state index is 10.4. The van der Waals surface area contributed by atoms with Crippen molar-refractivity contribution in [2.24, 2.45) is 0 Å². The van der Waals surface area contributed by atoms with Gasteiger partial charge in [0.25, 0.3) is 0 Å². The van der Waals surface area contributed by atoms with Crippen molar-refractivity contribution in [3.8, 4) is 0 Å². The van der Waals surface area contributed by atoms with Gasteiger partial charge in [-0.3, -0.25) is 4.79 Å². The van der Waals surface area contributed by atoms with Crippen LogP contribution in [0.3, 0.4) is 0 Å². The van der Waals surface area contributed by atoms with Crippen LogP contribution in [0.25, 0.3) is 0 Å². The van der Waals surface area contributed by atoms with E-state index < -0.39 is 5.97 Å². The third-order valence-corrected chi connectivity index (χ3v) is 6.25. The van der Waals surface area contributed by atoms with Crippen LogP contribution in [-0.2, 0) is 4.79 Å². The van der Waals surface area contributed by atoms with E-state index in [-0.39, 0.29) is 0 Å². The van der Waals surface area contributed by atoms with Crippen molar-refractivity contribution in [3.63, 3.8) is 0 Å². The standard InChI is InChI=1S/C28H54O2/c1-2-3-4-5-6-7-8-9-10-11-12-13-14-15-16-17-18-19-20-21-22-23-24-25-26-27-28(29)30/h2-3H,4-27H2,1H3,(H,29,30). The third kappa shape index (κ3) is 27.2. The quantitative estimate of drug-likeness (QED) is 0.117. The molecule has 30 heavy (non-hydrogen) atoms. The zero-order valence-corrected chi connectivity index (χ0v) is 20.5. The van der Waals surface area contributed by atoms with E-state index in [0.29, 0.717) is 6.42 Å². The van der Waals surface area contributed by atoms with Gasteiger partial charge in [-0.2, -0.15) is 0 Å². The van der Waals surface area contributed by atoms with E-state index in [2.05, 4.69) is 19.1 Å². The first-order chi connectivity index (χ1) is 14.8. The number of carboxylic acid groups (broad SMARTS) is 1. The van der Waals surface area contributed by atoms with E-state index >= 15 is 0 Å². The van der Waals surface area contributed by atoms with E-state index in [1.165, 1.54) is 135 Å².